The largest absolute Gasteiger partial charge is 0.393 e. The molecular weight excluding hydrogens is 192 g/mol. The van der Waals surface area contributed by atoms with Crippen molar-refractivity contribution >= 4 is 5.91 Å². The molecule has 15 heavy (non-hydrogen) atoms. The van der Waals surface area contributed by atoms with Crippen LogP contribution in [-0.4, -0.2) is 47.7 Å². The lowest BCUT2D eigenvalue weighted by molar-refractivity contribution is -0.132. The number of nitrogens with one attached hydrogen (secondary N) is 1. The fourth-order valence-electron chi connectivity index (χ4n) is 2.50. The summed E-state index contributed by atoms with van der Waals surface area (Å²) in [5.74, 6) is 0.506. The highest BCUT2D eigenvalue weighted by Crippen LogP contribution is 2.21. The normalized spacial score (nSPS) is 33.3. The topological polar surface area (TPSA) is 52.6 Å². The first-order chi connectivity index (χ1) is 7.18. The minimum absolute atomic E-state index is 0.0396. The number of hydrogen-bond donors (Lipinski definition) is 2. The maximum atomic E-state index is 12.0. The Hall–Kier alpha value is -0.610. The molecule has 0 bridgehead atoms. The maximum absolute atomic E-state index is 12.0. The number of rotatable bonds is 2. The van der Waals surface area contributed by atoms with E-state index >= 15 is 0 Å². The lowest BCUT2D eigenvalue weighted by atomic mass is 10.0. The van der Waals surface area contributed by atoms with E-state index in [2.05, 4.69) is 5.32 Å². The monoisotopic (exact) mass is 212 g/mol. The van der Waals surface area contributed by atoms with Crippen LogP contribution in [0.2, 0.25) is 0 Å². The Kier molecular flexibility index (Phi) is 3.26. The lowest BCUT2D eigenvalue weighted by Crippen LogP contribution is -2.42. The van der Waals surface area contributed by atoms with Gasteiger partial charge in [-0.05, 0) is 32.7 Å². The number of nitrogens with zero attached hydrogens (tertiary/aromatic N) is 1. The predicted octanol–water partition coefficient (Wildman–Crippen LogP) is -0.0323. The van der Waals surface area contributed by atoms with Crippen LogP contribution in [0.3, 0.4) is 0 Å². The Morgan fingerprint density at radius 2 is 2.33 bits per heavy atom. The van der Waals surface area contributed by atoms with Gasteiger partial charge in [0.15, 0.2) is 0 Å². The van der Waals surface area contributed by atoms with Gasteiger partial charge in [0.05, 0.1) is 12.1 Å². The van der Waals surface area contributed by atoms with Gasteiger partial charge < -0.3 is 15.3 Å². The summed E-state index contributed by atoms with van der Waals surface area (Å²) in [6.07, 6.45) is 2.72. The molecule has 0 spiro atoms. The highest BCUT2D eigenvalue weighted by atomic mass is 16.3. The molecule has 2 N–H and O–H groups in total. The van der Waals surface area contributed by atoms with Crippen molar-refractivity contribution < 1.29 is 9.90 Å². The Morgan fingerprint density at radius 1 is 1.53 bits per heavy atom. The summed E-state index contributed by atoms with van der Waals surface area (Å²) < 4.78 is 0. The molecule has 0 aromatic heterocycles. The summed E-state index contributed by atoms with van der Waals surface area (Å²) in [5.41, 5.74) is 0. The number of aliphatic hydroxyl groups excluding tert-OH is 1. The quantitative estimate of drug-likeness (QED) is 0.676. The zero-order chi connectivity index (χ0) is 10.8. The van der Waals surface area contributed by atoms with E-state index in [4.69, 9.17) is 0 Å². The zero-order valence-corrected chi connectivity index (χ0v) is 9.28. The molecule has 0 radical (unpaired) electrons. The van der Waals surface area contributed by atoms with Crippen molar-refractivity contribution in [3.63, 3.8) is 0 Å². The molecule has 3 atom stereocenters. The third kappa shape index (κ3) is 2.32. The minimum Gasteiger partial charge on any atom is -0.393 e. The summed E-state index contributed by atoms with van der Waals surface area (Å²) in [5, 5.41) is 12.7. The van der Waals surface area contributed by atoms with Crippen LogP contribution in [0, 0.1) is 5.92 Å². The van der Waals surface area contributed by atoms with Crippen LogP contribution in [0.1, 0.15) is 26.2 Å². The van der Waals surface area contributed by atoms with E-state index in [-0.39, 0.29) is 24.0 Å². The molecule has 3 unspecified atom stereocenters. The molecule has 2 fully saturated rings. The van der Waals surface area contributed by atoms with Crippen molar-refractivity contribution in [3.8, 4) is 0 Å². The van der Waals surface area contributed by atoms with E-state index in [1.807, 2.05) is 11.8 Å². The smallest absolute Gasteiger partial charge is 0.239 e. The molecule has 4 nitrogen and oxygen atoms in total. The minimum atomic E-state index is -0.292. The van der Waals surface area contributed by atoms with Crippen LogP contribution in [0.4, 0.5) is 0 Å². The van der Waals surface area contributed by atoms with Crippen LogP contribution in [0.5, 0.6) is 0 Å². The number of carbonyl (C=O) groups excluding carboxylic acids is 1. The number of amides is 1. The van der Waals surface area contributed by atoms with E-state index in [0.717, 1.165) is 38.9 Å². The molecule has 4 heteroatoms. The van der Waals surface area contributed by atoms with Gasteiger partial charge in [-0.25, -0.2) is 0 Å². The van der Waals surface area contributed by atoms with E-state index in [9.17, 15) is 9.90 Å². The van der Waals surface area contributed by atoms with Gasteiger partial charge in [-0.1, -0.05) is 0 Å². The van der Waals surface area contributed by atoms with Gasteiger partial charge in [0.1, 0.15) is 0 Å². The van der Waals surface area contributed by atoms with Crippen molar-refractivity contribution in [1.29, 1.82) is 0 Å². The van der Waals surface area contributed by atoms with Crippen molar-refractivity contribution in [2.45, 2.75) is 38.3 Å². The van der Waals surface area contributed by atoms with E-state index < -0.39 is 0 Å². The second kappa shape index (κ2) is 4.49. The van der Waals surface area contributed by atoms with Crippen molar-refractivity contribution in [3.05, 3.63) is 0 Å². The Morgan fingerprint density at radius 3 is 2.87 bits per heavy atom. The van der Waals surface area contributed by atoms with Crippen LogP contribution < -0.4 is 5.32 Å². The molecule has 86 valence electrons. The Bertz CT molecular complexity index is 237. The van der Waals surface area contributed by atoms with Gasteiger partial charge in [-0.3, -0.25) is 4.79 Å². The Labute approximate surface area is 90.6 Å². The first-order valence-electron chi connectivity index (χ1n) is 5.88. The molecule has 0 aromatic carbocycles. The second-order valence-corrected chi connectivity index (χ2v) is 4.72. The molecule has 2 saturated heterocycles. The molecular formula is C11H20N2O2. The summed E-state index contributed by atoms with van der Waals surface area (Å²) in [6.45, 7) is 4.32. The molecule has 2 heterocycles. The Balaban J connectivity index is 1.87. The third-order valence-electron chi connectivity index (χ3n) is 3.58. The summed E-state index contributed by atoms with van der Waals surface area (Å²) >= 11 is 0. The average molecular weight is 212 g/mol. The highest BCUT2D eigenvalue weighted by Gasteiger charge is 2.33. The fraction of sp³-hybridized carbons (Fsp3) is 0.909. The zero-order valence-electron chi connectivity index (χ0n) is 9.28. The van der Waals surface area contributed by atoms with Gasteiger partial charge in [0.2, 0.25) is 5.91 Å². The average Bonchev–Trinajstić information content (AvgIpc) is 2.88. The fourth-order valence-corrected chi connectivity index (χ4v) is 2.50. The van der Waals surface area contributed by atoms with Crippen molar-refractivity contribution in [2.24, 2.45) is 5.92 Å². The number of aliphatic hydroxyl groups is 1. The van der Waals surface area contributed by atoms with Gasteiger partial charge in [0, 0.05) is 19.0 Å². The summed E-state index contributed by atoms with van der Waals surface area (Å²) in [4.78, 5) is 13.9. The standard InChI is InChI=1S/C11H20N2O2/c1-8(14)9-4-6-13(7-9)11(15)10-3-2-5-12-10/h8-10,12,14H,2-7H2,1H3. The van der Waals surface area contributed by atoms with Crippen LogP contribution in [0.15, 0.2) is 0 Å². The summed E-state index contributed by atoms with van der Waals surface area (Å²) in [7, 11) is 0. The molecule has 0 aromatic rings. The van der Waals surface area contributed by atoms with E-state index in [1.54, 1.807) is 0 Å². The SMILES string of the molecule is CC(O)C1CCN(C(=O)C2CCCN2)C1. The van der Waals surface area contributed by atoms with Crippen molar-refractivity contribution in [1.82, 2.24) is 10.2 Å². The first kappa shape index (κ1) is 10.9. The van der Waals surface area contributed by atoms with E-state index in [0.29, 0.717) is 0 Å². The van der Waals surface area contributed by atoms with Crippen molar-refractivity contribution in [2.75, 3.05) is 19.6 Å². The second-order valence-electron chi connectivity index (χ2n) is 4.72. The third-order valence-corrected chi connectivity index (χ3v) is 3.58. The summed E-state index contributed by atoms with van der Waals surface area (Å²) in [6, 6.07) is 0.0396. The molecule has 2 aliphatic rings. The molecule has 2 rings (SSSR count). The van der Waals surface area contributed by atoms with Gasteiger partial charge in [-0.15, -0.1) is 0 Å². The van der Waals surface area contributed by atoms with E-state index in [1.165, 1.54) is 0 Å². The van der Waals surface area contributed by atoms with Gasteiger partial charge >= 0.3 is 0 Å². The molecule has 2 aliphatic heterocycles. The molecule has 1 amide bonds. The maximum Gasteiger partial charge on any atom is 0.239 e. The van der Waals surface area contributed by atoms with Crippen LogP contribution in [0.25, 0.3) is 0 Å². The molecule has 0 saturated carbocycles. The highest BCUT2D eigenvalue weighted by molar-refractivity contribution is 5.82. The lowest BCUT2D eigenvalue weighted by Gasteiger charge is -2.21. The van der Waals surface area contributed by atoms with Crippen LogP contribution in [-0.2, 0) is 4.79 Å². The number of hydrogen-bond acceptors (Lipinski definition) is 3. The number of likely N-dealkylation sites (tertiary alicyclic amines) is 1. The molecule has 0 aliphatic carbocycles. The van der Waals surface area contributed by atoms with Gasteiger partial charge in [0.25, 0.3) is 0 Å². The van der Waals surface area contributed by atoms with Gasteiger partial charge in [-0.2, -0.15) is 0 Å². The first-order valence-corrected chi connectivity index (χ1v) is 5.88. The van der Waals surface area contributed by atoms with Crippen LogP contribution >= 0.6 is 0 Å². The number of carbonyl (C=O) groups is 1. The predicted molar refractivity (Wildman–Crippen MR) is 57.4 cm³/mol.